The summed E-state index contributed by atoms with van der Waals surface area (Å²) in [4.78, 5) is 0. The average molecular weight is 239 g/mol. The Kier molecular flexibility index (Phi) is 5.99. The highest BCUT2D eigenvalue weighted by Gasteiger charge is 2.30. The molecule has 1 aliphatic rings. The maximum atomic E-state index is 3.81. The molecule has 1 saturated carbocycles. The fourth-order valence-electron chi connectivity index (χ4n) is 3.16. The molecule has 1 rings (SSSR count). The van der Waals surface area contributed by atoms with Crippen LogP contribution in [0.3, 0.4) is 0 Å². The molecule has 0 aromatic heterocycles. The average Bonchev–Trinajstić information content (AvgIpc) is 2.63. The summed E-state index contributed by atoms with van der Waals surface area (Å²) in [6, 6.07) is 0.770. The van der Waals surface area contributed by atoms with Gasteiger partial charge in [0.1, 0.15) is 0 Å². The zero-order valence-corrected chi connectivity index (χ0v) is 12.7. The molecule has 0 heterocycles. The quantitative estimate of drug-likeness (QED) is 0.713. The zero-order valence-electron chi connectivity index (χ0n) is 12.7. The van der Waals surface area contributed by atoms with Crippen LogP contribution in [0, 0.1) is 17.3 Å². The zero-order chi connectivity index (χ0) is 12.9. The molecule has 1 nitrogen and oxygen atoms in total. The van der Waals surface area contributed by atoms with Gasteiger partial charge in [-0.3, -0.25) is 0 Å². The first-order valence-corrected chi connectivity index (χ1v) is 7.67. The van der Waals surface area contributed by atoms with E-state index in [0.29, 0.717) is 5.41 Å². The van der Waals surface area contributed by atoms with Crippen LogP contribution in [-0.2, 0) is 0 Å². The van der Waals surface area contributed by atoms with Crippen LogP contribution >= 0.6 is 0 Å². The maximum Gasteiger partial charge on any atom is 0.00980 e. The summed E-state index contributed by atoms with van der Waals surface area (Å²) >= 11 is 0. The molecule has 17 heavy (non-hydrogen) atoms. The van der Waals surface area contributed by atoms with E-state index >= 15 is 0 Å². The minimum absolute atomic E-state index is 0.480. The Bertz CT molecular complexity index is 204. The number of hydrogen-bond acceptors (Lipinski definition) is 1. The molecular formula is C16H33N. The largest absolute Gasteiger partial charge is 0.314 e. The normalized spacial score (nSPS) is 27.4. The Morgan fingerprint density at radius 3 is 2.41 bits per heavy atom. The summed E-state index contributed by atoms with van der Waals surface area (Å²) in [5.74, 6) is 1.87. The lowest BCUT2D eigenvalue weighted by Gasteiger charge is -2.30. The molecule has 1 fully saturated rings. The van der Waals surface area contributed by atoms with Crippen molar-refractivity contribution in [2.24, 2.45) is 17.3 Å². The molecule has 102 valence electrons. The Morgan fingerprint density at radius 1 is 1.24 bits per heavy atom. The third-order valence-electron chi connectivity index (χ3n) is 4.31. The lowest BCUT2D eigenvalue weighted by atomic mass is 9.82. The molecule has 0 saturated heterocycles. The van der Waals surface area contributed by atoms with Crippen molar-refractivity contribution >= 4 is 0 Å². The summed E-state index contributed by atoms with van der Waals surface area (Å²) in [6.07, 6.45) is 8.31. The van der Waals surface area contributed by atoms with Crippen LogP contribution < -0.4 is 5.32 Å². The van der Waals surface area contributed by atoms with Crippen LogP contribution in [-0.4, -0.2) is 12.6 Å². The summed E-state index contributed by atoms with van der Waals surface area (Å²) in [6.45, 7) is 13.0. The first kappa shape index (κ1) is 15.0. The SMILES string of the molecule is CCCNC(CCC(C)(C)C)C1CCCC1C. The molecule has 0 aromatic carbocycles. The van der Waals surface area contributed by atoms with Gasteiger partial charge in [-0.05, 0) is 49.5 Å². The first-order valence-electron chi connectivity index (χ1n) is 7.67. The lowest BCUT2D eigenvalue weighted by Crippen LogP contribution is -2.38. The van der Waals surface area contributed by atoms with Gasteiger partial charge in [0, 0.05) is 6.04 Å². The predicted octanol–water partition coefficient (Wildman–Crippen LogP) is 4.62. The van der Waals surface area contributed by atoms with Gasteiger partial charge >= 0.3 is 0 Å². The van der Waals surface area contributed by atoms with Crippen LogP contribution in [0.4, 0.5) is 0 Å². The van der Waals surface area contributed by atoms with Crippen LogP contribution in [0.5, 0.6) is 0 Å². The number of hydrogen-bond donors (Lipinski definition) is 1. The van der Waals surface area contributed by atoms with E-state index in [-0.39, 0.29) is 0 Å². The van der Waals surface area contributed by atoms with Gasteiger partial charge in [0.15, 0.2) is 0 Å². The van der Waals surface area contributed by atoms with Crippen molar-refractivity contribution in [2.75, 3.05) is 6.54 Å². The van der Waals surface area contributed by atoms with E-state index < -0.39 is 0 Å². The van der Waals surface area contributed by atoms with Crippen molar-refractivity contribution in [1.29, 1.82) is 0 Å². The van der Waals surface area contributed by atoms with Gasteiger partial charge < -0.3 is 5.32 Å². The van der Waals surface area contributed by atoms with Gasteiger partial charge in [0.2, 0.25) is 0 Å². The highest BCUT2D eigenvalue weighted by molar-refractivity contribution is 4.85. The lowest BCUT2D eigenvalue weighted by molar-refractivity contribution is 0.247. The van der Waals surface area contributed by atoms with Gasteiger partial charge in [-0.25, -0.2) is 0 Å². The van der Waals surface area contributed by atoms with Crippen molar-refractivity contribution in [3.05, 3.63) is 0 Å². The monoisotopic (exact) mass is 239 g/mol. The standard InChI is InChI=1S/C16H33N/c1-6-12-17-15(10-11-16(3,4)5)14-9-7-8-13(14)2/h13-15,17H,6-12H2,1-5H3. The highest BCUT2D eigenvalue weighted by Crippen LogP contribution is 2.36. The molecule has 0 radical (unpaired) electrons. The van der Waals surface area contributed by atoms with E-state index in [1.807, 2.05) is 0 Å². The van der Waals surface area contributed by atoms with E-state index in [1.165, 1.54) is 45.1 Å². The van der Waals surface area contributed by atoms with Crippen molar-refractivity contribution < 1.29 is 0 Å². The predicted molar refractivity (Wildman–Crippen MR) is 77.3 cm³/mol. The van der Waals surface area contributed by atoms with Crippen molar-refractivity contribution in [3.8, 4) is 0 Å². The number of rotatable bonds is 6. The second kappa shape index (κ2) is 6.78. The summed E-state index contributed by atoms with van der Waals surface area (Å²) in [5.41, 5.74) is 0.480. The van der Waals surface area contributed by atoms with Crippen molar-refractivity contribution in [1.82, 2.24) is 5.32 Å². The molecule has 0 spiro atoms. The van der Waals surface area contributed by atoms with Crippen LogP contribution in [0.15, 0.2) is 0 Å². The molecule has 0 aliphatic heterocycles. The summed E-state index contributed by atoms with van der Waals surface area (Å²) in [7, 11) is 0. The molecule has 1 N–H and O–H groups in total. The molecular weight excluding hydrogens is 206 g/mol. The van der Waals surface area contributed by atoms with E-state index in [9.17, 15) is 0 Å². The van der Waals surface area contributed by atoms with Gasteiger partial charge in [-0.2, -0.15) is 0 Å². The fraction of sp³-hybridized carbons (Fsp3) is 1.00. The molecule has 0 aromatic rings. The van der Waals surface area contributed by atoms with E-state index in [0.717, 1.165) is 17.9 Å². The first-order chi connectivity index (χ1) is 7.94. The smallest absolute Gasteiger partial charge is 0.00980 e. The number of nitrogens with one attached hydrogen (secondary N) is 1. The van der Waals surface area contributed by atoms with Gasteiger partial charge in [-0.15, -0.1) is 0 Å². The van der Waals surface area contributed by atoms with Gasteiger partial charge in [-0.1, -0.05) is 47.5 Å². The Hall–Kier alpha value is -0.0400. The molecule has 1 aliphatic carbocycles. The Balaban J connectivity index is 2.47. The minimum atomic E-state index is 0.480. The summed E-state index contributed by atoms with van der Waals surface area (Å²) in [5, 5.41) is 3.81. The second-order valence-electron chi connectivity index (χ2n) is 7.23. The summed E-state index contributed by atoms with van der Waals surface area (Å²) < 4.78 is 0. The van der Waals surface area contributed by atoms with E-state index in [2.05, 4.69) is 39.9 Å². The highest BCUT2D eigenvalue weighted by atomic mass is 14.9. The van der Waals surface area contributed by atoms with Gasteiger partial charge in [0.25, 0.3) is 0 Å². The van der Waals surface area contributed by atoms with Crippen molar-refractivity contribution in [3.63, 3.8) is 0 Å². The van der Waals surface area contributed by atoms with Crippen LogP contribution in [0.25, 0.3) is 0 Å². The molecule has 1 heteroatoms. The second-order valence-corrected chi connectivity index (χ2v) is 7.23. The Morgan fingerprint density at radius 2 is 1.94 bits per heavy atom. The fourth-order valence-corrected chi connectivity index (χ4v) is 3.16. The van der Waals surface area contributed by atoms with Crippen LogP contribution in [0.1, 0.15) is 73.1 Å². The van der Waals surface area contributed by atoms with E-state index in [1.54, 1.807) is 0 Å². The molecule has 3 unspecified atom stereocenters. The Labute approximate surface area is 109 Å². The topological polar surface area (TPSA) is 12.0 Å². The minimum Gasteiger partial charge on any atom is -0.314 e. The van der Waals surface area contributed by atoms with Crippen molar-refractivity contribution in [2.45, 2.75) is 79.2 Å². The van der Waals surface area contributed by atoms with Gasteiger partial charge in [0.05, 0.1) is 0 Å². The third kappa shape index (κ3) is 5.42. The maximum absolute atomic E-state index is 3.81. The molecule has 0 amide bonds. The van der Waals surface area contributed by atoms with Crippen LogP contribution in [0.2, 0.25) is 0 Å². The molecule has 0 bridgehead atoms. The van der Waals surface area contributed by atoms with E-state index in [4.69, 9.17) is 0 Å². The third-order valence-corrected chi connectivity index (χ3v) is 4.31. The molecule has 3 atom stereocenters.